The van der Waals surface area contributed by atoms with Gasteiger partial charge in [-0.05, 0) is 43.6 Å². The van der Waals surface area contributed by atoms with Crippen molar-refractivity contribution in [1.29, 1.82) is 0 Å². The molecule has 4 heterocycles. The van der Waals surface area contributed by atoms with Gasteiger partial charge in [-0.25, -0.2) is 0 Å². The predicted molar refractivity (Wildman–Crippen MR) is 98.0 cm³/mol. The molecular weight excluding hydrogens is 352 g/mol. The van der Waals surface area contributed by atoms with Crippen LogP contribution >= 0.6 is 11.3 Å². The highest BCUT2D eigenvalue weighted by Gasteiger charge is 2.40. The minimum absolute atomic E-state index is 0.0159. The van der Waals surface area contributed by atoms with Crippen LogP contribution in [0.15, 0.2) is 17.5 Å². The van der Waals surface area contributed by atoms with Crippen LogP contribution in [-0.4, -0.2) is 66.8 Å². The second-order valence-electron chi connectivity index (χ2n) is 7.27. The zero-order chi connectivity index (χ0) is 17.9. The van der Waals surface area contributed by atoms with E-state index in [4.69, 9.17) is 9.47 Å². The molecule has 1 aromatic heterocycles. The summed E-state index contributed by atoms with van der Waals surface area (Å²) in [5.41, 5.74) is 0. The molecule has 142 valence electrons. The maximum absolute atomic E-state index is 13.3. The largest absolute Gasteiger partial charge is 0.348 e. The highest BCUT2D eigenvalue weighted by atomic mass is 32.1. The van der Waals surface area contributed by atoms with Gasteiger partial charge in [-0.15, -0.1) is 11.3 Å². The summed E-state index contributed by atoms with van der Waals surface area (Å²) in [6.45, 7) is 3.23. The van der Waals surface area contributed by atoms with E-state index in [1.54, 1.807) is 0 Å². The van der Waals surface area contributed by atoms with Crippen LogP contribution in [0.1, 0.15) is 41.8 Å². The highest BCUT2D eigenvalue weighted by Crippen LogP contribution is 2.29. The lowest BCUT2D eigenvalue weighted by atomic mass is 9.93. The highest BCUT2D eigenvalue weighted by molar-refractivity contribution is 7.12. The van der Waals surface area contributed by atoms with Gasteiger partial charge in [0, 0.05) is 19.6 Å². The summed E-state index contributed by atoms with van der Waals surface area (Å²) >= 11 is 1.46. The van der Waals surface area contributed by atoms with E-state index in [0.29, 0.717) is 19.8 Å². The lowest BCUT2D eigenvalue weighted by Gasteiger charge is -2.41. The Kier molecular flexibility index (Phi) is 5.57. The number of carbonyl (C=O) groups is 2. The number of rotatable bonds is 3. The molecule has 0 bridgehead atoms. The number of nitrogens with zero attached hydrogens (tertiary/aromatic N) is 2. The number of amides is 2. The number of hydrogen-bond donors (Lipinski definition) is 0. The van der Waals surface area contributed by atoms with Crippen LogP contribution in [0.4, 0.5) is 0 Å². The third-order valence-electron chi connectivity index (χ3n) is 5.58. The molecule has 2 atom stereocenters. The Hall–Kier alpha value is -1.44. The Morgan fingerprint density at radius 3 is 2.69 bits per heavy atom. The summed E-state index contributed by atoms with van der Waals surface area (Å²) in [6.07, 6.45) is 4.50. The molecular formula is C19H26N2O4S. The Balaban J connectivity index is 1.43. The van der Waals surface area contributed by atoms with Gasteiger partial charge in [0.05, 0.1) is 30.1 Å². The van der Waals surface area contributed by atoms with E-state index < -0.39 is 0 Å². The molecule has 3 aliphatic rings. The fourth-order valence-electron chi connectivity index (χ4n) is 4.27. The van der Waals surface area contributed by atoms with Crippen LogP contribution in [0.3, 0.4) is 0 Å². The van der Waals surface area contributed by atoms with Crippen LogP contribution in [0.25, 0.3) is 0 Å². The molecule has 0 spiro atoms. The Bertz CT molecular complexity index is 629. The fraction of sp³-hybridized carbons (Fsp3) is 0.684. The first-order valence-corrected chi connectivity index (χ1v) is 10.5. The van der Waals surface area contributed by atoms with Crippen molar-refractivity contribution < 1.29 is 19.1 Å². The van der Waals surface area contributed by atoms with Crippen LogP contribution in [0, 0.1) is 5.92 Å². The monoisotopic (exact) mass is 378 g/mol. The number of ether oxygens (including phenoxy) is 2. The van der Waals surface area contributed by atoms with Gasteiger partial charge in [-0.2, -0.15) is 0 Å². The van der Waals surface area contributed by atoms with E-state index in [2.05, 4.69) is 0 Å². The average molecular weight is 378 g/mol. The maximum Gasteiger partial charge on any atom is 0.263 e. The van der Waals surface area contributed by atoms with E-state index in [-0.39, 0.29) is 30.1 Å². The molecule has 1 aromatic rings. The number of carbonyl (C=O) groups excluding carboxylic acids is 2. The third kappa shape index (κ3) is 3.66. The van der Waals surface area contributed by atoms with E-state index in [9.17, 15) is 9.59 Å². The third-order valence-corrected chi connectivity index (χ3v) is 6.44. The summed E-state index contributed by atoms with van der Waals surface area (Å²) in [5.74, 6) is 0.0994. The Morgan fingerprint density at radius 1 is 1.08 bits per heavy atom. The molecule has 4 rings (SSSR count). The minimum Gasteiger partial charge on any atom is -0.348 e. The number of piperidine rings is 2. The number of hydrogen-bond acceptors (Lipinski definition) is 5. The summed E-state index contributed by atoms with van der Waals surface area (Å²) < 4.78 is 11.4. The second kappa shape index (κ2) is 8.06. The van der Waals surface area contributed by atoms with Crippen molar-refractivity contribution in [3.63, 3.8) is 0 Å². The fourth-order valence-corrected chi connectivity index (χ4v) is 4.96. The maximum atomic E-state index is 13.3. The zero-order valence-electron chi connectivity index (χ0n) is 15.0. The summed E-state index contributed by atoms with van der Waals surface area (Å²) in [7, 11) is 0. The molecule has 2 unspecified atom stereocenters. The minimum atomic E-state index is -0.285. The van der Waals surface area contributed by atoms with Crippen molar-refractivity contribution in [3.05, 3.63) is 22.4 Å². The standard InChI is InChI=1S/C19H26N2O4S/c22-17(21-9-2-1-6-15(21)19-24-10-11-25-19)14-5-3-8-20(13-14)18(23)16-7-4-12-26-16/h4,7,12,14-15,19H,1-3,5-6,8-11,13H2. The molecule has 7 heteroatoms. The second-order valence-corrected chi connectivity index (χ2v) is 8.22. The Labute approximate surface area is 158 Å². The van der Waals surface area contributed by atoms with E-state index in [0.717, 1.165) is 50.1 Å². The molecule has 3 saturated heterocycles. The van der Waals surface area contributed by atoms with Gasteiger partial charge >= 0.3 is 0 Å². The molecule has 0 N–H and O–H groups in total. The van der Waals surface area contributed by atoms with Crippen molar-refractivity contribution in [1.82, 2.24) is 9.80 Å². The number of thiophene rings is 1. The van der Waals surface area contributed by atoms with Gasteiger partial charge < -0.3 is 19.3 Å². The van der Waals surface area contributed by atoms with E-state index >= 15 is 0 Å². The first-order chi connectivity index (χ1) is 12.7. The van der Waals surface area contributed by atoms with Gasteiger partial charge in [-0.1, -0.05) is 6.07 Å². The molecule has 2 amide bonds. The van der Waals surface area contributed by atoms with Crippen LogP contribution in [0.5, 0.6) is 0 Å². The molecule has 0 aromatic carbocycles. The quantitative estimate of drug-likeness (QED) is 0.810. The van der Waals surface area contributed by atoms with Gasteiger partial charge in [0.25, 0.3) is 5.91 Å². The predicted octanol–water partition coefficient (Wildman–Crippen LogP) is 2.35. The molecule has 3 aliphatic heterocycles. The first-order valence-electron chi connectivity index (χ1n) is 9.60. The molecule has 26 heavy (non-hydrogen) atoms. The van der Waals surface area contributed by atoms with Gasteiger partial charge in [0.2, 0.25) is 5.91 Å². The summed E-state index contributed by atoms with van der Waals surface area (Å²) in [6, 6.07) is 3.76. The average Bonchev–Trinajstić information content (AvgIpc) is 3.41. The van der Waals surface area contributed by atoms with Crippen LogP contribution in [0.2, 0.25) is 0 Å². The molecule has 6 nitrogen and oxygen atoms in total. The van der Waals surface area contributed by atoms with E-state index in [1.165, 1.54) is 11.3 Å². The molecule has 0 aliphatic carbocycles. The smallest absolute Gasteiger partial charge is 0.263 e. The first kappa shape index (κ1) is 17.9. The van der Waals surface area contributed by atoms with Crippen molar-refractivity contribution in [2.45, 2.75) is 44.4 Å². The normalized spacial score (nSPS) is 27.7. The Morgan fingerprint density at radius 2 is 1.92 bits per heavy atom. The molecule has 3 fully saturated rings. The molecule has 0 radical (unpaired) electrons. The number of likely N-dealkylation sites (tertiary alicyclic amines) is 2. The SMILES string of the molecule is O=C(c1cccs1)N1CCCC(C(=O)N2CCCCC2C2OCCO2)C1. The lowest BCUT2D eigenvalue weighted by molar-refractivity contribution is -0.155. The van der Waals surface area contributed by atoms with Crippen LogP contribution < -0.4 is 0 Å². The van der Waals surface area contributed by atoms with Crippen molar-refractivity contribution >= 4 is 23.2 Å². The summed E-state index contributed by atoms with van der Waals surface area (Å²) in [5, 5.41) is 1.92. The lowest BCUT2D eigenvalue weighted by Crippen LogP contribution is -2.54. The zero-order valence-corrected chi connectivity index (χ0v) is 15.8. The van der Waals surface area contributed by atoms with Gasteiger partial charge in [0.1, 0.15) is 0 Å². The van der Waals surface area contributed by atoms with Crippen molar-refractivity contribution in [3.8, 4) is 0 Å². The van der Waals surface area contributed by atoms with Crippen LogP contribution in [-0.2, 0) is 14.3 Å². The topological polar surface area (TPSA) is 59.1 Å². The van der Waals surface area contributed by atoms with Crippen molar-refractivity contribution in [2.75, 3.05) is 32.8 Å². The van der Waals surface area contributed by atoms with Gasteiger partial charge in [0.15, 0.2) is 6.29 Å². The van der Waals surface area contributed by atoms with E-state index in [1.807, 2.05) is 27.3 Å². The van der Waals surface area contributed by atoms with Crippen molar-refractivity contribution in [2.24, 2.45) is 5.92 Å². The van der Waals surface area contributed by atoms with Gasteiger partial charge in [-0.3, -0.25) is 9.59 Å². The molecule has 0 saturated carbocycles. The summed E-state index contributed by atoms with van der Waals surface area (Å²) in [4.78, 5) is 30.5.